The summed E-state index contributed by atoms with van der Waals surface area (Å²) in [6, 6.07) is 3.51. The fraction of sp³-hybridized carbons (Fsp3) is 0. The van der Waals surface area contributed by atoms with Gasteiger partial charge >= 0.3 is 0 Å². The second-order valence-electron chi connectivity index (χ2n) is 2.61. The van der Waals surface area contributed by atoms with Crippen LogP contribution in [-0.4, -0.2) is 13.3 Å². The molecule has 6 nitrogen and oxygen atoms in total. The van der Waals surface area contributed by atoms with Gasteiger partial charge < -0.3 is 0 Å². The molecule has 0 amide bonds. The lowest BCUT2D eigenvalue weighted by Gasteiger charge is -2.02. The van der Waals surface area contributed by atoms with Gasteiger partial charge in [-0.25, -0.2) is 8.42 Å². The Hall–Kier alpha value is -0.920. The van der Waals surface area contributed by atoms with Crippen LogP contribution in [0.3, 0.4) is 0 Å². The molecule has 0 atom stereocenters. The third kappa shape index (κ3) is 2.60. The van der Waals surface area contributed by atoms with Crippen molar-refractivity contribution in [3.05, 3.63) is 31.4 Å². The van der Waals surface area contributed by atoms with Crippen LogP contribution in [0.15, 0.2) is 17.0 Å². The first-order valence-corrected chi connectivity index (χ1v) is 6.99. The predicted molar refractivity (Wildman–Crippen MR) is 63.6 cm³/mol. The molecule has 0 unspecified atom stereocenters. The molecule has 0 bridgehead atoms. The molecule has 84 valence electrons. The van der Waals surface area contributed by atoms with Crippen LogP contribution in [-0.2, 0) is 9.05 Å². The fourth-order valence-corrected chi connectivity index (χ4v) is 2.91. The Labute approximate surface area is 109 Å². The van der Waals surface area contributed by atoms with E-state index in [1.54, 1.807) is 28.7 Å². The molecule has 0 heterocycles. The lowest BCUT2D eigenvalue weighted by atomic mass is 10.2. The molecule has 0 fully saturated rings. The van der Waals surface area contributed by atoms with E-state index in [-0.39, 0.29) is 9.13 Å². The van der Waals surface area contributed by atoms with Crippen molar-refractivity contribution < 1.29 is 13.3 Å². The number of nitro groups is 1. The Morgan fingerprint density at radius 3 is 2.44 bits per heavy atom. The van der Waals surface area contributed by atoms with E-state index in [9.17, 15) is 18.5 Å². The molecule has 0 spiro atoms. The van der Waals surface area contributed by atoms with Crippen molar-refractivity contribution in [3.8, 4) is 6.07 Å². The van der Waals surface area contributed by atoms with E-state index in [0.29, 0.717) is 0 Å². The molecule has 0 radical (unpaired) electrons. The van der Waals surface area contributed by atoms with Gasteiger partial charge in [0.05, 0.1) is 10.5 Å². The average molecular weight is 373 g/mol. The van der Waals surface area contributed by atoms with E-state index in [4.69, 9.17) is 15.9 Å². The fourth-order valence-electron chi connectivity index (χ4n) is 0.974. The highest BCUT2D eigenvalue weighted by atomic mass is 127. The maximum atomic E-state index is 11.1. The summed E-state index contributed by atoms with van der Waals surface area (Å²) in [6.07, 6.45) is 0. The second-order valence-corrected chi connectivity index (χ2v) is 6.30. The van der Waals surface area contributed by atoms with Gasteiger partial charge in [-0.1, -0.05) is 0 Å². The minimum Gasteiger partial charge on any atom is -0.258 e. The maximum Gasteiger partial charge on any atom is 0.271 e. The normalized spacial score (nSPS) is 10.8. The standard InChI is InChI=1S/C7H2ClIN2O4S/c8-16(14,15)7-2-4(11(12)13)1-6(9)5(7)3-10/h1-2H. The van der Waals surface area contributed by atoms with E-state index in [0.717, 1.165) is 12.1 Å². The molecule has 1 rings (SSSR count). The van der Waals surface area contributed by atoms with Crippen molar-refractivity contribution in [2.24, 2.45) is 0 Å². The van der Waals surface area contributed by atoms with Crippen molar-refractivity contribution >= 4 is 48.0 Å². The highest BCUT2D eigenvalue weighted by molar-refractivity contribution is 14.1. The zero-order valence-corrected chi connectivity index (χ0v) is 11.1. The Bertz CT molecular complexity index is 608. The molecule has 9 heteroatoms. The van der Waals surface area contributed by atoms with Gasteiger partial charge in [-0.3, -0.25) is 10.1 Å². The summed E-state index contributed by atoms with van der Waals surface area (Å²) in [6.45, 7) is 0. The Kier molecular flexibility index (Phi) is 3.72. The Balaban J connectivity index is 3.71. The molecule has 0 aromatic heterocycles. The highest BCUT2D eigenvalue weighted by Crippen LogP contribution is 2.28. The van der Waals surface area contributed by atoms with Gasteiger partial charge in [-0.15, -0.1) is 0 Å². The third-order valence-corrected chi connectivity index (χ3v) is 3.82. The molecular formula is C7H2ClIN2O4S. The van der Waals surface area contributed by atoms with Crippen molar-refractivity contribution in [2.75, 3.05) is 0 Å². The molecule has 0 aliphatic heterocycles. The SMILES string of the molecule is N#Cc1c(I)cc([N+](=O)[O-])cc1S(=O)(=O)Cl. The molecule has 1 aromatic carbocycles. The quantitative estimate of drug-likeness (QED) is 0.342. The summed E-state index contributed by atoms with van der Waals surface area (Å²) in [5.74, 6) is 0. The number of benzene rings is 1. The van der Waals surface area contributed by atoms with Crippen molar-refractivity contribution in [1.29, 1.82) is 5.26 Å². The van der Waals surface area contributed by atoms with Crippen LogP contribution >= 0.6 is 33.3 Å². The summed E-state index contributed by atoms with van der Waals surface area (Å²) in [5.41, 5.74) is -0.621. The molecule has 0 aliphatic rings. The average Bonchev–Trinajstić information content (AvgIpc) is 2.14. The zero-order chi connectivity index (χ0) is 12.5. The summed E-state index contributed by atoms with van der Waals surface area (Å²) >= 11 is 1.63. The molecule has 0 saturated heterocycles. The molecule has 1 aromatic rings. The van der Waals surface area contributed by atoms with E-state index >= 15 is 0 Å². The number of halogens is 2. The number of nitriles is 1. The first kappa shape index (κ1) is 13.1. The lowest BCUT2D eigenvalue weighted by molar-refractivity contribution is -0.385. The number of hydrogen-bond donors (Lipinski definition) is 0. The number of non-ortho nitro benzene ring substituents is 1. The van der Waals surface area contributed by atoms with E-state index in [1.807, 2.05) is 0 Å². The van der Waals surface area contributed by atoms with Crippen molar-refractivity contribution in [3.63, 3.8) is 0 Å². The monoisotopic (exact) mass is 372 g/mol. The van der Waals surface area contributed by atoms with Gasteiger partial charge in [-0.2, -0.15) is 5.26 Å². The molecule has 0 N–H and O–H groups in total. The van der Waals surface area contributed by atoms with Crippen LogP contribution < -0.4 is 0 Å². The van der Waals surface area contributed by atoms with Crippen LogP contribution in [0.2, 0.25) is 0 Å². The molecule has 0 aliphatic carbocycles. The molecule has 0 saturated carbocycles. The first-order chi connectivity index (χ1) is 7.27. The highest BCUT2D eigenvalue weighted by Gasteiger charge is 2.23. The van der Waals surface area contributed by atoms with Gasteiger partial charge in [0.1, 0.15) is 11.0 Å². The van der Waals surface area contributed by atoms with Crippen LogP contribution in [0.4, 0.5) is 5.69 Å². The van der Waals surface area contributed by atoms with Crippen LogP contribution in [0.1, 0.15) is 5.56 Å². The first-order valence-electron chi connectivity index (χ1n) is 3.60. The summed E-state index contributed by atoms with van der Waals surface area (Å²) < 4.78 is 22.4. The smallest absolute Gasteiger partial charge is 0.258 e. The van der Waals surface area contributed by atoms with E-state index in [2.05, 4.69) is 0 Å². The Morgan fingerprint density at radius 1 is 1.50 bits per heavy atom. The van der Waals surface area contributed by atoms with Crippen LogP contribution in [0, 0.1) is 25.0 Å². The van der Waals surface area contributed by atoms with E-state index < -0.39 is 24.6 Å². The largest absolute Gasteiger partial charge is 0.271 e. The minimum absolute atomic E-state index is 0.161. The number of rotatable bonds is 2. The molecular weight excluding hydrogens is 371 g/mol. The van der Waals surface area contributed by atoms with Gasteiger partial charge in [0.25, 0.3) is 14.7 Å². The topological polar surface area (TPSA) is 101 Å². The van der Waals surface area contributed by atoms with Gasteiger partial charge in [0.2, 0.25) is 0 Å². The van der Waals surface area contributed by atoms with Crippen LogP contribution in [0.25, 0.3) is 0 Å². The van der Waals surface area contributed by atoms with Crippen molar-refractivity contribution in [1.82, 2.24) is 0 Å². The zero-order valence-electron chi connectivity index (χ0n) is 7.35. The predicted octanol–water partition coefficient (Wildman–Crippen LogP) is 2.00. The number of nitro benzene ring substituents is 1. The third-order valence-electron chi connectivity index (χ3n) is 1.62. The lowest BCUT2D eigenvalue weighted by Crippen LogP contribution is -2.00. The summed E-state index contributed by atoms with van der Waals surface area (Å²) in [7, 11) is 0.903. The van der Waals surface area contributed by atoms with Crippen LogP contribution in [0.5, 0.6) is 0 Å². The van der Waals surface area contributed by atoms with Gasteiger partial charge in [-0.05, 0) is 22.6 Å². The van der Waals surface area contributed by atoms with Gasteiger partial charge in [0.15, 0.2) is 0 Å². The second kappa shape index (κ2) is 4.52. The van der Waals surface area contributed by atoms with Gasteiger partial charge in [0, 0.05) is 26.4 Å². The summed E-state index contributed by atoms with van der Waals surface area (Å²) in [5, 5.41) is 19.3. The number of hydrogen-bond acceptors (Lipinski definition) is 5. The maximum absolute atomic E-state index is 11.1. The van der Waals surface area contributed by atoms with E-state index in [1.165, 1.54) is 0 Å². The Morgan fingerprint density at radius 2 is 2.06 bits per heavy atom. The minimum atomic E-state index is -4.18. The summed E-state index contributed by atoms with van der Waals surface area (Å²) in [4.78, 5) is 9.21. The molecule has 16 heavy (non-hydrogen) atoms. The van der Waals surface area contributed by atoms with Crippen molar-refractivity contribution in [2.45, 2.75) is 4.90 Å². The number of nitrogens with zero attached hydrogens (tertiary/aromatic N) is 2.